The highest BCUT2D eigenvalue weighted by Crippen LogP contribution is 2.35. The Balaban J connectivity index is 1.87. The second kappa shape index (κ2) is 8.78. The van der Waals surface area contributed by atoms with Gasteiger partial charge in [-0.15, -0.1) is 0 Å². The molecule has 0 saturated heterocycles. The van der Waals surface area contributed by atoms with Crippen LogP contribution in [0, 0.1) is 0 Å². The van der Waals surface area contributed by atoms with E-state index in [2.05, 4.69) is 4.98 Å². The highest BCUT2D eigenvalue weighted by molar-refractivity contribution is 7.96. The molecule has 0 N–H and O–H groups in total. The number of aromatic nitrogens is 1. The number of rotatable bonds is 5. The van der Waals surface area contributed by atoms with Gasteiger partial charge in [0.05, 0.1) is 11.1 Å². The molecule has 1 heterocycles. The van der Waals surface area contributed by atoms with E-state index in [1.165, 1.54) is 11.9 Å². The van der Waals surface area contributed by atoms with Crippen LogP contribution in [-0.4, -0.2) is 21.2 Å². The number of pyridine rings is 1. The molecule has 1 aliphatic carbocycles. The van der Waals surface area contributed by atoms with Crippen molar-refractivity contribution in [3.63, 3.8) is 0 Å². The molecule has 3 nitrogen and oxygen atoms in total. The summed E-state index contributed by atoms with van der Waals surface area (Å²) in [6.07, 6.45) is 2.22. The summed E-state index contributed by atoms with van der Waals surface area (Å²) in [7, 11) is 0. The fourth-order valence-corrected chi connectivity index (χ4v) is 4.41. The van der Waals surface area contributed by atoms with Gasteiger partial charge in [0.15, 0.2) is 0 Å². The second-order valence-electron chi connectivity index (χ2n) is 6.60. The quantitative estimate of drug-likeness (QED) is 0.608. The number of hydrogen-bond acceptors (Lipinski definition) is 3. The Kier molecular flexibility index (Phi) is 6.42. The van der Waals surface area contributed by atoms with Crippen molar-refractivity contribution in [3.8, 4) is 0 Å². The van der Waals surface area contributed by atoms with Gasteiger partial charge in [-0.1, -0.05) is 49.6 Å². The van der Waals surface area contributed by atoms with E-state index >= 15 is 0 Å². The maximum atomic E-state index is 13.4. The minimum Gasteiger partial charge on any atom is -0.279 e. The number of nitrogens with zero attached hydrogens (tertiary/aromatic N) is 2. The molecule has 1 saturated carbocycles. The van der Waals surface area contributed by atoms with Crippen molar-refractivity contribution in [2.24, 2.45) is 0 Å². The zero-order chi connectivity index (χ0) is 19.3. The fraction of sp³-hybridized carbons (Fsp3) is 0.400. The molecule has 0 spiro atoms. The first-order chi connectivity index (χ1) is 13.0. The summed E-state index contributed by atoms with van der Waals surface area (Å²) in [6, 6.07) is 10.4. The Hall–Kier alpha value is -2.02. The molecule has 2 aromatic rings. The van der Waals surface area contributed by atoms with Crippen LogP contribution < -0.4 is 0 Å². The normalized spacial score (nSPS) is 15.5. The van der Waals surface area contributed by atoms with Crippen LogP contribution in [0.15, 0.2) is 48.8 Å². The SMILES string of the molecule is O=C(c1cnccc1C(F)(F)F)N(SCc1ccccc1)C1CCCCC1. The van der Waals surface area contributed by atoms with Crippen LogP contribution in [-0.2, 0) is 11.9 Å². The van der Waals surface area contributed by atoms with Gasteiger partial charge in [0, 0.05) is 24.2 Å². The number of amides is 1. The molecule has 3 rings (SSSR count). The highest BCUT2D eigenvalue weighted by atomic mass is 32.2. The van der Waals surface area contributed by atoms with Gasteiger partial charge in [-0.3, -0.25) is 14.1 Å². The van der Waals surface area contributed by atoms with E-state index < -0.39 is 17.6 Å². The van der Waals surface area contributed by atoms with Crippen LogP contribution in [0.4, 0.5) is 13.2 Å². The molecule has 144 valence electrons. The molecular weight excluding hydrogens is 373 g/mol. The van der Waals surface area contributed by atoms with E-state index in [1.54, 1.807) is 4.31 Å². The number of benzene rings is 1. The minimum absolute atomic E-state index is 0.0544. The standard InChI is InChI=1S/C20H21F3N2OS/c21-20(22,23)18-11-12-24-13-17(18)19(26)25(16-9-5-2-6-10-16)27-14-15-7-3-1-4-8-15/h1,3-4,7-8,11-13,16H,2,5-6,9-10,14H2. The van der Waals surface area contributed by atoms with Crippen molar-refractivity contribution in [3.05, 3.63) is 65.5 Å². The topological polar surface area (TPSA) is 33.2 Å². The summed E-state index contributed by atoms with van der Waals surface area (Å²) >= 11 is 1.29. The Bertz CT molecular complexity index is 761. The maximum Gasteiger partial charge on any atom is 0.417 e. The molecule has 0 bridgehead atoms. The summed E-state index contributed by atoms with van der Waals surface area (Å²) in [6.45, 7) is 0. The monoisotopic (exact) mass is 394 g/mol. The van der Waals surface area contributed by atoms with E-state index in [-0.39, 0.29) is 11.6 Å². The molecule has 1 amide bonds. The van der Waals surface area contributed by atoms with Gasteiger partial charge >= 0.3 is 6.18 Å². The van der Waals surface area contributed by atoms with Crippen LogP contribution >= 0.6 is 11.9 Å². The van der Waals surface area contributed by atoms with Gasteiger partial charge in [-0.05, 0) is 36.4 Å². The third kappa shape index (κ3) is 5.03. The van der Waals surface area contributed by atoms with Crippen molar-refractivity contribution in [1.82, 2.24) is 9.29 Å². The molecular formula is C20H21F3N2OS. The van der Waals surface area contributed by atoms with Gasteiger partial charge in [0.2, 0.25) is 0 Å². The lowest BCUT2D eigenvalue weighted by Gasteiger charge is -2.33. The first-order valence-corrected chi connectivity index (χ1v) is 9.92. The lowest BCUT2D eigenvalue weighted by molar-refractivity contribution is -0.138. The number of carbonyl (C=O) groups excluding carboxylic acids is 1. The maximum absolute atomic E-state index is 13.4. The average Bonchev–Trinajstić information content (AvgIpc) is 2.69. The Labute approximate surface area is 161 Å². The summed E-state index contributed by atoms with van der Waals surface area (Å²) in [5.74, 6) is -0.0757. The van der Waals surface area contributed by atoms with Crippen molar-refractivity contribution in [2.45, 2.75) is 50.1 Å². The number of carbonyl (C=O) groups is 1. The Morgan fingerprint density at radius 1 is 1.11 bits per heavy atom. The highest BCUT2D eigenvalue weighted by Gasteiger charge is 2.37. The largest absolute Gasteiger partial charge is 0.417 e. The first-order valence-electron chi connectivity index (χ1n) is 8.98. The van der Waals surface area contributed by atoms with Crippen LogP contribution in [0.3, 0.4) is 0 Å². The fourth-order valence-electron chi connectivity index (χ4n) is 3.29. The summed E-state index contributed by atoms with van der Waals surface area (Å²) in [4.78, 5) is 16.9. The summed E-state index contributed by atoms with van der Waals surface area (Å²) in [5.41, 5.74) is -0.280. The first kappa shape index (κ1) is 19.7. The minimum atomic E-state index is -4.59. The van der Waals surface area contributed by atoms with Crippen molar-refractivity contribution < 1.29 is 18.0 Å². The molecule has 1 aromatic carbocycles. The summed E-state index contributed by atoms with van der Waals surface area (Å²) in [5, 5.41) is 0. The van der Waals surface area contributed by atoms with Crippen molar-refractivity contribution in [1.29, 1.82) is 0 Å². The van der Waals surface area contributed by atoms with Crippen LogP contribution in [0.2, 0.25) is 0 Å². The molecule has 27 heavy (non-hydrogen) atoms. The zero-order valence-electron chi connectivity index (χ0n) is 14.8. The molecule has 1 aromatic heterocycles. The molecule has 0 unspecified atom stereocenters. The number of alkyl halides is 3. The Morgan fingerprint density at radius 3 is 2.48 bits per heavy atom. The summed E-state index contributed by atoms with van der Waals surface area (Å²) < 4.78 is 41.6. The molecule has 0 radical (unpaired) electrons. The van der Waals surface area contributed by atoms with E-state index in [9.17, 15) is 18.0 Å². The van der Waals surface area contributed by atoms with E-state index in [4.69, 9.17) is 0 Å². The Morgan fingerprint density at radius 2 is 1.81 bits per heavy atom. The van der Waals surface area contributed by atoms with E-state index in [1.807, 2.05) is 30.3 Å². The van der Waals surface area contributed by atoms with Crippen LogP contribution in [0.5, 0.6) is 0 Å². The van der Waals surface area contributed by atoms with Gasteiger partial charge in [0.25, 0.3) is 5.91 Å². The third-order valence-corrected chi connectivity index (χ3v) is 5.88. The zero-order valence-corrected chi connectivity index (χ0v) is 15.6. The molecule has 0 atom stereocenters. The van der Waals surface area contributed by atoms with Crippen LogP contribution in [0.1, 0.15) is 53.6 Å². The number of hydrogen-bond donors (Lipinski definition) is 0. The lowest BCUT2D eigenvalue weighted by atomic mass is 9.95. The van der Waals surface area contributed by atoms with Crippen LogP contribution in [0.25, 0.3) is 0 Å². The molecule has 1 aliphatic rings. The van der Waals surface area contributed by atoms with Crippen molar-refractivity contribution >= 4 is 17.9 Å². The average molecular weight is 394 g/mol. The van der Waals surface area contributed by atoms with Gasteiger partial charge in [-0.25, -0.2) is 0 Å². The third-order valence-electron chi connectivity index (χ3n) is 4.68. The van der Waals surface area contributed by atoms with Gasteiger partial charge in [-0.2, -0.15) is 13.2 Å². The van der Waals surface area contributed by atoms with E-state index in [0.717, 1.165) is 56.1 Å². The predicted octanol–water partition coefficient (Wildman–Crippen LogP) is 5.72. The van der Waals surface area contributed by atoms with Gasteiger partial charge < -0.3 is 0 Å². The number of halogens is 3. The second-order valence-corrected chi connectivity index (χ2v) is 7.54. The molecule has 1 fully saturated rings. The smallest absolute Gasteiger partial charge is 0.279 e. The molecule has 0 aliphatic heterocycles. The van der Waals surface area contributed by atoms with Crippen molar-refractivity contribution in [2.75, 3.05) is 0 Å². The predicted molar refractivity (Wildman–Crippen MR) is 100 cm³/mol. The van der Waals surface area contributed by atoms with E-state index in [0.29, 0.717) is 5.75 Å². The lowest BCUT2D eigenvalue weighted by Crippen LogP contribution is -2.37. The van der Waals surface area contributed by atoms with Gasteiger partial charge in [0.1, 0.15) is 0 Å². The molecule has 7 heteroatoms.